The fourth-order valence-electron chi connectivity index (χ4n) is 4.24. The van der Waals surface area contributed by atoms with Crippen LogP contribution in [-0.4, -0.2) is 43.9 Å². The van der Waals surface area contributed by atoms with Gasteiger partial charge in [-0.05, 0) is 77.4 Å². The molecule has 2 amide bonds. The molecule has 0 spiro atoms. The Labute approximate surface area is 209 Å². The van der Waals surface area contributed by atoms with E-state index in [0.29, 0.717) is 46.1 Å². The second kappa shape index (κ2) is 9.62. The van der Waals surface area contributed by atoms with Gasteiger partial charge in [-0.3, -0.25) is 14.9 Å². The number of amides is 2. The smallest absolute Gasteiger partial charge is 0.411 e. The third-order valence-corrected chi connectivity index (χ3v) is 6.12. The SMILES string of the molecule is COC(=O)Nc1ccc(NC(=O)C2CCc3cc(-c4cc(Cl)ccc4-n4cnnn4)cc(=O)n32)cc1. The number of aryl methyl sites for hydroxylation is 1. The Morgan fingerprint density at radius 3 is 2.50 bits per heavy atom. The van der Waals surface area contributed by atoms with Crippen molar-refractivity contribution in [2.75, 3.05) is 17.7 Å². The monoisotopic (exact) mass is 505 g/mol. The minimum absolute atomic E-state index is 0.291. The largest absolute Gasteiger partial charge is 0.453 e. The van der Waals surface area contributed by atoms with E-state index >= 15 is 0 Å². The molecule has 0 radical (unpaired) electrons. The summed E-state index contributed by atoms with van der Waals surface area (Å²) in [6.45, 7) is 0. The summed E-state index contributed by atoms with van der Waals surface area (Å²) in [5, 5.41) is 17.2. The van der Waals surface area contributed by atoms with Gasteiger partial charge in [-0.25, -0.2) is 4.79 Å². The molecule has 12 heteroatoms. The number of benzene rings is 2. The third-order valence-electron chi connectivity index (χ3n) is 5.89. The number of rotatable bonds is 5. The molecular weight excluding hydrogens is 486 g/mol. The van der Waals surface area contributed by atoms with Crippen LogP contribution < -0.4 is 16.2 Å². The lowest BCUT2D eigenvalue weighted by Gasteiger charge is -2.16. The lowest BCUT2D eigenvalue weighted by atomic mass is 10.0. The van der Waals surface area contributed by atoms with Crippen molar-refractivity contribution in [3.8, 4) is 16.8 Å². The second-order valence-electron chi connectivity index (χ2n) is 8.10. The maximum absolute atomic E-state index is 13.2. The van der Waals surface area contributed by atoms with Crippen LogP contribution in [0.3, 0.4) is 0 Å². The highest BCUT2D eigenvalue weighted by molar-refractivity contribution is 6.31. The molecule has 11 nitrogen and oxygen atoms in total. The van der Waals surface area contributed by atoms with Crippen LogP contribution in [0.5, 0.6) is 0 Å². The van der Waals surface area contributed by atoms with Gasteiger partial charge in [-0.1, -0.05) is 11.6 Å². The molecule has 0 bridgehead atoms. The van der Waals surface area contributed by atoms with Gasteiger partial charge >= 0.3 is 6.09 Å². The number of halogens is 1. The second-order valence-corrected chi connectivity index (χ2v) is 8.53. The number of anilines is 2. The molecule has 0 saturated carbocycles. The van der Waals surface area contributed by atoms with Crippen molar-refractivity contribution in [1.82, 2.24) is 24.8 Å². The number of ether oxygens (including phenoxy) is 1. The first-order valence-corrected chi connectivity index (χ1v) is 11.4. The molecule has 2 aromatic heterocycles. The molecule has 1 aliphatic rings. The number of tetrazole rings is 1. The number of carbonyl (C=O) groups is 2. The van der Waals surface area contributed by atoms with Crippen LogP contribution in [0.1, 0.15) is 18.2 Å². The predicted molar refractivity (Wildman–Crippen MR) is 132 cm³/mol. The average Bonchev–Trinajstić information content (AvgIpc) is 3.56. The van der Waals surface area contributed by atoms with Crippen LogP contribution in [-0.2, 0) is 16.0 Å². The number of carbonyl (C=O) groups excluding carboxylic acids is 2. The minimum Gasteiger partial charge on any atom is -0.453 e. The summed E-state index contributed by atoms with van der Waals surface area (Å²) in [6.07, 6.45) is 1.92. The maximum atomic E-state index is 13.2. The normalized spacial score (nSPS) is 14.2. The van der Waals surface area contributed by atoms with Gasteiger partial charge in [0, 0.05) is 33.7 Å². The van der Waals surface area contributed by atoms with E-state index < -0.39 is 12.1 Å². The number of hydrogen-bond acceptors (Lipinski definition) is 7. The van der Waals surface area contributed by atoms with Gasteiger partial charge in [0.1, 0.15) is 12.4 Å². The lowest BCUT2D eigenvalue weighted by molar-refractivity contribution is -0.119. The number of methoxy groups -OCH3 is 1. The Bertz CT molecular complexity index is 1500. The lowest BCUT2D eigenvalue weighted by Crippen LogP contribution is -2.31. The highest BCUT2D eigenvalue weighted by Crippen LogP contribution is 2.32. The zero-order chi connectivity index (χ0) is 25.2. The van der Waals surface area contributed by atoms with E-state index in [1.165, 1.54) is 28.8 Å². The molecule has 0 aliphatic carbocycles. The van der Waals surface area contributed by atoms with Gasteiger partial charge in [0.2, 0.25) is 5.91 Å². The number of nitrogens with one attached hydrogen (secondary N) is 2. The van der Waals surface area contributed by atoms with Gasteiger partial charge in [-0.2, -0.15) is 4.68 Å². The van der Waals surface area contributed by atoms with E-state index in [1.54, 1.807) is 42.5 Å². The minimum atomic E-state index is -0.646. The van der Waals surface area contributed by atoms with Crippen LogP contribution in [0, 0.1) is 0 Å². The van der Waals surface area contributed by atoms with Crippen molar-refractivity contribution in [3.63, 3.8) is 0 Å². The Morgan fingerprint density at radius 1 is 1.06 bits per heavy atom. The van der Waals surface area contributed by atoms with Crippen LogP contribution in [0.4, 0.5) is 16.2 Å². The molecule has 2 aromatic carbocycles. The topological polar surface area (TPSA) is 133 Å². The molecule has 5 rings (SSSR count). The summed E-state index contributed by atoms with van der Waals surface area (Å²) in [6, 6.07) is 14.6. The summed E-state index contributed by atoms with van der Waals surface area (Å²) in [5.41, 5.74) is 3.55. The molecule has 0 saturated heterocycles. The molecule has 1 unspecified atom stereocenters. The van der Waals surface area contributed by atoms with E-state index in [1.807, 2.05) is 6.07 Å². The summed E-state index contributed by atoms with van der Waals surface area (Å²) >= 11 is 6.24. The Kier molecular flexibility index (Phi) is 6.21. The molecule has 4 aromatic rings. The van der Waals surface area contributed by atoms with Gasteiger partial charge < -0.3 is 14.6 Å². The van der Waals surface area contributed by atoms with Crippen molar-refractivity contribution in [2.45, 2.75) is 18.9 Å². The zero-order valence-corrected chi connectivity index (χ0v) is 19.8. The molecule has 2 N–H and O–H groups in total. The van der Waals surface area contributed by atoms with E-state index in [9.17, 15) is 14.4 Å². The first-order chi connectivity index (χ1) is 17.4. The van der Waals surface area contributed by atoms with Crippen molar-refractivity contribution in [1.29, 1.82) is 0 Å². The Balaban J connectivity index is 1.40. The fraction of sp³-hybridized carbons (Fsp3) is 0.167. The summed E-state index contributed by atoms with van der Waals surface area (Å²) in [7, 11) is 1.27. The highest BCUT2D eigenvalue weighted by atomic mass is 35.5. The van der Waals surface area contributed by atoms with Crippen LogP contribution in [0.2, 0.25) is 5.02 Å². The van der Waals surface area contributed by atoms with Crippen molar-refractivity contribution >= 4 is 35.0 Å². The summed E-state index contributed by atoms with van der Waals surface area (Å²) < 4.78 is 7.58. The number of fused-ring (bicyclic) bond motifs is 1. The van der Waals surface area contributed by atoms with Crippen molar-refractivity contribution < 1.29 is 14.3 Å². The quantitative estimate of drug-likeness (QED) is 0.424. The standard InChI is InChI=1S/C24H20ClN7O4/c1-36-24(35)28-17-5-3-16(4-6-17)27-23(34)21-9-7-18-10-14(11-22(33)32(18)21)19-12-15(25)2-8-20(19)31-13-26-29-30-31/h2-6,8,10-13,21H,7,9H2,1H3,(H,27,34)(H,28,35). The molecule has 1 atom stereocenters. The first kappa shape index (κ1) is 23.2. The van der Waals surface area contributed by atoms with Crippen molar-refractivity contribution in [2.24, 2.45) is 0 Å². The number of nitrogens with zero attached hydrogens (tertiary/aromatic N) is 5. The zero-order valence-electron chi connectivity index (χ0n) is 19.0. The number of aromatic nitrogens is 5. The predicted octanol–water partition coefficient (Wildman–Crippen LogP) is 3.45. The van der Waals surface area contributed by atoms with Gasteiger partial charge in [0.15, 0.2) is 0 Å². The molecule has 3 heterocycles. The van der Waals surface area contributed by atoms with Crippen LogP contribution in [0.15, 0.2) is 65.7 Å². The number of pyridine rings is 1. The van der Waals surface area contributed by atoms with Crippen molar-refractivity contribution in [3.05, 3.63) is 82.0 Å². The van der Waals surface area contributed by atoms with E-state index in [4.69, 9.17) is 11.6 Å². The van der Waals surface area contributed by atoms with Crippen LogP contribution in [0.25, 0.3) is 16.8 Å². The van der Waals surface area contributed by atoms with E-state index in [0.717, 1.165) is 5.69 Å². The highest BCUT2D eigenvalue weighted by Gasteiger charge is 2.30. The van der Waals surface area contributed by atoms with Gasteiger partial charge in [-0.15, -0.1) is 5.10 Å². The van der Waals surface area contributed by atoms with Crippen LogP contribution >= 0.6 is 11.6 Å². The first-order valence-electron chi connectivity index (χ1n) is 11.0. The average molecular weight is 506 g/mol. The third kappa shape index (κ3) is 4.56. The van der Waals surface area contributed by atoms with Gasteiger partial charge in [0.25, 0.3) is 5.56 Å². The molecule has 1 aliphatic heterocycles. The van der Waals surface area contributed by atoms with E-state index in [-0.39, 0.29) is 11.5 Å². The van der Waals surface area contributed by atoms with E-state index in [2.05, 4.69) is 30.9 Å². The summed E-state index contributed by atoms with van der Waals surface area (Å²) in [4.78, 5) is 37.6. The Hall–Kier alpha value is -4.51. The molecule has 0 fully saturated rings. The molecular formula is C24H20ClN7O4. The maximum Gasteiger partial charge on any atom is 0.411 e. The van der Waals surface area contributed by atoms with Gasteiger partial charge in [0.05, 0.1) is 12.8 Å². The molecule has 182 valence electrons. The Morgan fingerprint density at radius 2 is 1.81 bits per heavy atom. The fourth-order valence-corrected chi connectivity index (χ4v) is 4.41. The molecule has 36 heavy (non-hydrogen) atoms. The summed E-state index contributed by atoms with van der Waals surface area (Å²) in [5.74, 6) is -0.297. The number of hydrogen-bond donors (Lipinski definition) is 2.